The maximum atomic E-state index is 13.4. The lowest BCUT2D eigenvalue weighted by Crippen LogP contribution is -2.43. The molecule has 0 aromatic carbocycles. The highest BCUT2D eigenvalue weighted by Crippen LogP contribution is 2.29. The number of fused-ring (bicyclic) bond motifs is 1. The van der Waals surface area contributed by atoms with Crippen LogP contribution < -0.4 is 5.32 Å². The van der Waals surface area contributed by atoms with Crippen LogP contribution in [-0.4, -0.2) is 38.8 Å². The van der Waals surface area contributed by atoms with Crippen LogP contribution in [0.4, 0.5) is 10.3 Å². The maximum absolute atomic E-state index is 13.4. The van der Waals surface area contributed by atoms with Crippen molar-refractivity contribution in [3.8, 4) is 0 Å². The van der Waals surface area contributed by atoms with E-state index >= 15 is 0 Å². The SMILES string of the molecule is Cc1cc2nc(N[C@@H](C)c3cncc(F)c3)nc(C(=O)N3C[CH]C3)c2s1. The third-order valence-corrected chi connectivity index (χ3v) is 5.30. The summed E-state index contributed by atoms with van der Waals surface area (Å²) in [6, 6.07) is 3.11. The Kier molecular flexibility index (Phi) is 4.28. The molecule has 0 saturated carbocycles. The number of aryl methyl sites for hydroxylation is 1. The molecular weight excluding hydrogens is 353 g/mol. The van der Waals surface area contributed by atoms with Crippen LogP contribution in [0.25, 0.3) is 10.2 Å². The summed E-state index contributed by atoms with van der Waals surface area (Å²) in [4.78, 5) is 28.4. The Bertz CT molecular complexity index is 985. The van der Waals surface area contributed by atoms with Crippen molar-refractivity contribution in [3.05, 3.63) is 52.9 Å². The minimum Gasteiger partial charge on any atom is -0.348 e. The number of thiophene rings is 1. The minimum absolute atomic E-state index is 0.0927. The number of hydrogen-bond donors (Lipinski definition) is 1. The van der Waals surface area contributed by atoms with Gasteiger partial charge in [-0.05, 0) is 31.5 Å². The molecule has 0 unspecified atom stereocenters. The summed E-state index contributed by atoms with van der Waals surface area (Å²) in [5.41, 5.74) is 1.83. The molecule has 1 fully saturated rings. The number of nitrogens with zero attached hydrogens (tertiary/aromatic N) is 4. The van der Waals surface area contributed by atoms with Crippen LogP contribution in [0.1, 0.15) is 33.9 Å². The van der Waals surface area contributed by atoms with Crippen molar-refractivity contribution in [2.24, 2.45) is 0 Å². The summed E-state index contributed by atoms with van der Waals surface area (Å²) in [6.45, 7) is 5.13. The lowest BCUT2D eigenvalue weighted by atomic mass is 10.1. The Hall–Kier alpha value is -2.61. The highest BCUT2D eigenvalue weighted by Gasteiger charge is 2.26. The third-order valence-electron chi connectivity index (χ3n) is 4.26. The van der Waals surface area contributed by atoms with Crippen LogP contribution >= 0.6 is 11.3 Å². The Labute approximate surface area is 154 Å². The molecule has 1 aliphatic rings. The number of anilines is 1. The lowest BCUT2D eigenvalue weighted by Gasteiger charge is -2.30. The molecule has 1 saturated heterocycles. The minimum atomic E-state index is -0.397. The van der Waals surface area contributed by atoms with Crippen molar-refractivity contribution in [2.75, 3.05) is 18.4 Å². The fourth-order valence-electron chi connectivity index (χ4n) is 2.77. The largest absolute Gasteiger partial charge is 0.348 e. The van der Waals surface area contributed by atoms with Gasteiger partial charge in [0.2, 0.25) is 5.95 Å². The van der Waals surface area contributed by atoms with E-state index in [2.05, 4.69) is 20.3 Å². The van der Waals surface area contributed by atoms with Crippen molar-refractivity contribution in [1.29, 1.82) is 0 Å². The van der Waals surface area contributed by atoms with E-state index in [1.54, 1.807) is 11.1 Å². The number of carbonyl (C=O) groups excluding carboxylic acids is 1. The molecule has 1 atom stereocenters. The summed E-state index contributed by atoms with van der Waals surface area (Å²) in [6.07, 6.45) is 4.79. The standard InChI is InChI=1S/C18H17FN5OS/c1-10-6-14-16(26-10)15(17(25)24-4-3-5-24)23-18(22-14)21-11(2)12-7-13(19)9-20-8-12/h3,6-9,11H,4-5H2,1-2H3,(H,21,22,23)/t11-/m0/s1. The predicted octanol–water partition coefficient (Wildman–Crippen LogP) is 3.37. The number of halogens is 1. The van der Waals surface area contributed by atoms with Crippen molar-refractivity contribution in [2.45, 2.75) is 19.9 Å². The number of hydrogen-bond acceptors (Lipinski definition) is 6. The zero-order valence-corrected chi connectivity index (χ0v) is 15.2. The normalized spacial score (nSPS) is 15.0. The molecule has 26 heavy (non-hydrogen) atoms. The van der Waals surface area contributed by atoms with Crippen molar-refractivity contribution in [3.63, 3.8) is 0 Å². The van der Waals surface area contributed by atoms with E-state index < -0.39 is 5.82 Å². The second-order valence-corrected chi connectivity index (χ2v) is 7.52. The van der Waals surface area contributed by atoms with E-state index in [1.165, 1.54) is 17.4 Å². The van der Waals surface area contributed by atoms with Crippen LogP contribution in [0.15, 0.2) is 24.5 Å². The van der Waals surface area contributed by atoms with Gasteiger partial charge in [-0.15, -0.1) is 11.3 Å². The Morgan fingerprint density at radius 1 is 1.31 bits per heavy atom. The van der Waals surface area contributed by atoms with Crippen molar-refractivity contribution in [1.82, 2.24) is 19.9 Å². The first-order valence-corrected chi connectivity index (χ1v) is 9.09. The van der Waals surface area contributed by atoms with Gasteiger partial charge < -0.3 is 10.2 Å². The van der Waals surface area contributed by atoms with E-state index in [0.29, 0.717) is 30.3 Å². The number of carbonyl (C=O) groups is 1. The van der Waals surface area contributed by atoms with Gasteiger partial charge in [0.15, 0.2) is 5.69 Å². The first kappa shape index (κ1) is 16.8. The quantitative estimate of drug-likeness (QED) is 0.762. The smallest absolute Gasteiger partial charge is 0.274 e. The zero-order valence-electron chi connectivity index (χ0n) is 14.4. The van der Waals surface area contributed by atoms with Crippen LogP contribution in [0, 0.1) is 19.2 Å². The molecule has 1 amide bonds. The molecule has 1 aliphatic heterocycles. The maximum Gasteiger partial charge on any atom is 0.274 e. The number of pyridine rings is 1. The first-order valence-electron chi connectivity index (χ1n) is 8.27. The molecule has 8 heteroatoms. The van der Waals surface area contributed by atoms with Gasteiger partial charge in [0.25, 0.3) is 5.91 Å². The Morgan fingerprint density at radius 2 is 2.12 bits per heavy atom. The van der Waals surface area contributed by atoms with Crippen LogP contribution in [0.2, 0.25) is 0 Å². The van der Waals surface area contributed by atoms with Crippen molar-refractivity contribution < 1.29 is 9.18 Å². The van der Waals surface area contributed by atoms with Crippen molar-refractivity contribution >= 4 is 33.4 Å². The molecular formula is C18H17FN5OS. The van der Waals surface area contributed by atoms with Crippen LogP contribution in [0.5, 0.6) is 0 Å². The third kappa shape index (κ3) is 3.12. The van der Waals surface area contributed by atoms with Crippen LogP contribution in [-0.2, 0) is 0 Å². The Balaban J connectivity index is 1.69. The molecule has 6 nitrogen and oxygen atoms in total. The zero-order chi connectivity index (χ0) is 18.3. The molecule has 4 rings (SSSR count). The van der Waals surface area contributed by atoms with Gasteiger partial charge >= 0.3 is 0 Å². The van der Waals surface area contributed by atoms with E-state index in [-0.39, 0.29) is 11.9 Å². The van der Waals surface area contributed by atoms with E-state index in [1.807, 2.05) is 26.3 Å². The summed E-state index contributed by atoms with van der Waals surface area (Å²) >= 11 is 1.51. The lowest BCUT2D eigenvalue weighted by molar-refractivity contribution is 0.0718. The molecule has 133 valence electrons. The van der Waals surface area contributed by atoms with Crippen LogP contribution in [0.3, 0.4) is 0 Å². The predicted molar refractivity (Wildman–Crippen MR) is 98.6 cm³/mol. The molecule has 1 N–H and O–H groups in total. The first-order chi connectivity index (χ1) is 12.5. The van der Waals surface area contributed by atoms with Gasteiger partial charge in [0, 0.05) is 30.6 Å². The fourth-order valence-corrected chi connectivity index (χ4v) is 3.71. The molecule has 4 heterocycles. The number of nitrogens with one attached hydrogen (secondary N) is 1. The Morgan fingerprint density at radius 3 is 2.81 bits per heavy atom. The molecule has 3 aromatic rings. The van der Waals surface area contributed by atoms with E-state index in [4.69, 9.17) is 0 Å². The second kappa shape index (κ2) is 6.60. The molecule has 0 spiro atoms. The monoisotopic (exact) mass is 370 g/mol. The van der Waals surface area contributed by atoms with Gasteiger partial charge in [-0.3, -0.25) is 9.78 Å². The summed E-state index contributed by atoms with van der Waals surface area (Å²) in [5.74, 6) is -0.143. The average molecular weight is 370 g/mol. The topological polar surface area (TPSA) is 71.0 Å². The van der Waals surface area contributed by atoms with E-state index in [9.17, 15) is 9.18 Å². The molecule has 1 radical (unpaired) electrons. The molecule has 0 aliphatic carbocycles. The van der Waals surface area contributed by atoms with Gasteiger partial charge in [0.1, 0.15) is 5.82 Å². The number of likely N-dealkylation sites (tertiary alicyclic amines) is 1. The molecule has 0 bridgehead atoms. The summed E-state index contributed by atoms with van der Waals surface area (Å²) in [5, 5.41) is 3.15. The summed E-state index contributed by atoms with van der Waals surface area (Å²) < 4.78 is 14.2. The number of rotatable bonds is 4. The van der Waals surface area contributed by atoms with Gasteiger partial charge in [-0.25, -0.2) is 14.4 Å². The second-order valence-electron chi connectivity index (χ2n) is 6.27. The van der Waals surface area contributed by atoms with Gasteiger partial charge in [-0.2, -0.15) is 0 Å². The van der Waals surface area contributed by atoms with E-state index in [0.717, 1.165) is 21.3 Å². The fraction of sp³-hybridized carbons (Fsp3) is 0.278. The van der Waals surface area contributed by atoms with Gasteiger partial charge in [-0.1, -0.05) is 0 Å². The molecule has 3 aromatic heterocycles. The van der Waals surface area contributed by atoms with Gasteiger partial charge in [0.05, 0.1) is 22.5 Å². The number of amides is 1. The highest BCUT2D eigenvalue weighted by molar-refractivity contribution is 7.19. The average Bonchev–Trinajstić information content (AvgIpc) is 2.92. The highest BCUT2D eigenvalue weighted by atomic mass is 32.1. The summed E-state index contributed by atoms with van der Waals surface area (Å²) in [7, 11) is 0. The number of aromatic nitrogens is 3.